The molecule has 4 aromatic rings. The van der Waals surface area contributed by atoms with Gasteiger partial charge in [-0.25, -0.2) is 4.98 Å². The van der Waals surface area contributed by atoms with Crippen LogP contribution in [-0.2, 0) is 13.6 Å². The molecule has 1 fully saturated rings. The van der Waals surface area contributed by atoms with Crippen LogP contribution in [0.5, 0.6) is 0 Å². The molecule has 2 N–H and O–H groups in total. The van der Waals surface area contributed by atoms with Gasteiger partial charge in [0, 0.05) is 51.6 Å². The molecule has 0 spiro atoms. The summed E-state index contributed by atoms with van der Waals surface area (Å²) in [6, 6.07) is 14.5. The number of amides is 1. The number of hydrogen-bond acceptors (Lipinski definition) is 8. The minimum atomic E-state index is -0.318. The average Bonchev–Trinajstić information content (AvgIpc) is 3.52. The fraction of sp³-hybridized carbons (Fsp3) is 0.320. The number of nitrogens with zero attached hydrogens (tertiary/aromatic N) is 8. The van der Waals surface area contributed by atoms with E-state index < -0.39 is 0 Å². The van der Waals surface area contributed by atoms with Crippen LogP contribution in [0, 0.1) is 11.3 Å². The van der Waals surface area contributed by atoms with Crippen LogP contribution in [0.25, 0.3) is 17.0 Å². The standard InChI is InChI=1S/C25H27N9O2/c1-31-9-10-33(19(15-31)16-35)24-12-21(25(36)27-14-18-5-3-17(13-26)4-6-18)29-23-11-20(30-34(23)24)22-7-8-28-32(22)2/h3-8,11-12,19,35H,9-10,14-16H2,1-2H3,(H,27,36). The summed E-state index contributed by atoms with van der Waals surface area (Å²) in [4.78, 5) is 22.0. The van der Waals surface area contributed by atoms with Crippen LogP contribution in [0.4, 0.5) is 5.82 Å². The van der Waals surface area contributed by atoms with Crippen LogP contribution in [0.1, 0.15) is 21.6 Å². The Hall–Kier alpha value is -4.27. The zero-order chi connectivity index (χ0) is 25.2. The number of benzene rings is 1. The van der Waals surface area contributed by atoms with Crippen LogP contribution >= 0.6 is 0 Å². The number of anilines is 1. The van der Waals surface area contributed by atoms with Gasteiger partial charge in [0.05, 0.1) is 30.0 Å². The number of nitrogens with one attached hydrogen (secondary N) is 1. The summed E-state index contributed by atoms with van der Waals surface area (Å²) in [5, 5.41) is 31.0. The zero-order valence-electron chi connectivity index (χ0n) is 20.2. The molecule has 1 aromatic carbocycles. The molecule has 0 aliphatic carbocycles. The number of aryl methyl sites for hydroxylation is 1. The van der Waals surface area contributed by atoms with E-state index in [0.29, 0.717) is 42.4 Å². The summed E-state index contributed by atoms with van der Waals surface area (Å²) < 4.78 is 3.47. The van der Waals surface area contributed by atoms with Gasteiger partial charge in [0.1, 0.15) is 17.2 Å². The molecule has 0 saturated carbocycles. The van der Waals surface area contributed by atoms with Gasteiger partial charge in [-0.05, 0) is 30.8 Å². The van der Waals surface area contributed by atoms with Crippen molar-refractivity contribution in [3.63, 3.8) is 0 Å². The van der Waals surface area contributed by atoms with Crippen LogP contribution in [0.3, 0.4) is 0 Å². The highest BCUT2D eigenvalue weighted by atomic mass is 16.3. The van der Waals surface area contributed by atoms with Gasteiger partial charge in [-0.15, -0.1) is 0 Å². The van der Waals surface area contributed by atoms with E-state index in [-0.39, 0.29) is 24.2 Å². The van der Waals surface area contributed by atoms with Gasteiger partial charge in [-0.3, -0.25) is 9.48 Å². The largest absolute Gasteiger partial charge is 0.394 e. The molecule has 3 aromatic heterocycles. The molecule has 11 heteroatoms. The lowest BCUT2D eigenvalue weighted by atomic mass is 10.1. The lowest BCUT2D eigenvalue weighted by Gasteiger charge is -2.40. The Morgan fingerprint density at radius 2 is 2.00 bits per heavy atom. The molecule has 0 radical (unpaired) electrons. The number of likely N-dealkylation sites (N-methyl/N-ethyl adjacent to an activating group) is 1. The Bertz CT molecular complexity index is 1430. The van der Waals surface area contributed by atoms with Crippen molar-refractivity contribution in [3.05, 3.63) is 65.5 Å². The third-order valence-corrected chi connectivity index (χ3v) is 6.45. The topological polar surface area (TPSA) is 128 Å². The maximum absolute atomic E-state index is 13.2. The normalized spacial score (nSPS) is 16.3. The predicted molar refractivity (Wildman–Crippen MR) is 133 cm³/mol. The average molecular weight is 486 g/mol. The van der Waals surface area contributed by atoms with Crippen LogP contribution in [0.15, 0.2) is 48.7 Å². The fourth-order valence-electron chi connectivity index (χ4n) is 4.47. The van der Waals surface area contributed by atoms with Gasteiger partial charge in [-0.1, -0.05) is 12.1 Å². The summed E-state index contributed by atoms with van der Waals surface area (Å²) in [6.45, 7) is 2.46. The highest BCUT2D eigenvalue weighted by Gasteiger charge is 2.28. The summed E-state index contributed by atoms with van der Waals surface area (Å²) in [6.07, 6.45) is 1.71. The molecule has 1 unspecified atom stereocenters. The van der Waals surface area contributed by atoms with Gasteiger partial charge in [-0.2, -0.15) is 20.0 Å². The van der Waals surface area contributed by atoms with E-state index in [1.165, 1.54) is 0 Å². The number of piperazine rings is 1. The molecular weight excluding hydrogens is 458 g/mol. The van der Waals surface area contributed by atoms with Gasteiger partial charge in [0.15, 0.2) is 5.65 Å². The minimum absolute atomic E-state index is 0.0236. The van der Waals surface area contributed by atoms with Crippen molar-refractivity contribution >= 4 is 17.4 Å². The Balaban J connectivity index is 1.51. The smallest absolute Gasteiger partial charge is 0.270 e. The van der Waals surface area contributed by atoms with Crippen LogP contribution < -0.4 is 10.2 Å². The molecule has 1 aliphatic heterocycles. The van der Waals surface area contributed by atoms with Gasteiger partial charge in [0.2, 0.25) is 0 Å². The van der Waals surface area contributed by atoms with E-state index in [2.05, 4.69) is 31.3 Å². The van der Waals surface area contributed by atoms with Crippen LogP contribution in [-0.4, -0.2) is 79.6 Å². The van der Waals surface area contributed by atoms with Crippen LogP contribution in [0.2, 0.25) is 0 Å². The van der Waals surface area contributed by atoms with Gasteiger partial charge < -0.3 is 20.2 Å². The highest BCUT2D eigenvalue weighted by Crippen LogP contribution is 2.26. The summed E-state index contributed by atoms with van der Waals surface area (Å²) in [5.41, 5.74) is 3.76. The number of aromatic nitrogens is 5. The first kappa shape index (κ1) is 23.5. The molecule has 184 valence electrons. The van der Waals surface area contributed by atoms with Crippen molar-refractivity contribution in [3.8, 4) is 17.5 Å². The monoisotopic (exact) mass is 485 g/mol. The molecule has 0 bridgehead atoms. The number of carbonyl (C=O) groups excluding carboxylic acids is 1. The third kappa shape index (κ3) is 4.51. The molecule has 1 atom stereocenters. The first-order chi connectivity index (χ1) is 17.5. The SMILES string of the molecule is CN1CCN(c2cc(C(=O)NCc3ccc(C#N)cc3)nc3cc(-c4ccnn4C)nn23)C(CO)C1. The number of rotatable bonds is 6. The molecule has 5 rings (SSSR count). The fourth-order valence-corrected chi connectivity index (χ4v) is 4.47. The van der Waals surface area contributed by atoms with E-state index in [9.17, 15) is 9.90 Å². The van der Waals surface area contributed by atoms with E-state index in [1.807, 2.05) is 38.4 Å². The minimum Gasteiger partial charge on any atom is -0.394 e. The number of hydrogen-bond donors (Lipinski definition) is 2. The van der Waals surface area contributed by atoms with Crippen molar-refractivity contribution < 1.29 is 9.90 Å². The van der Waals surface area contributed by atoms with Gasteiger partial charge >= 0.3 is 0 Å². The first-order valence-corrected chi connectivity index (χ1v) is 11.7. The van der Waals surface area contributed by atoms with Gasteiger partial charge in [0.25, 0.3) is 5.91 Å². The Morgan fingerprint density at radius 1 is 1.19 bits per heavy atom. The summed E-state index contributed by atoms with van der Waals surface area (Å²) >= 11 is 0. The lowest BCUT2D eigenvalue weighted by Crippen LogP contribution is -2.54. The number of carbonyl (C=O) groups is 1. The van der Waals surface area contributed by atoms with E-state index in [1.54, 1.807) is 33.6 Å². The number of aliphatic hydroxyl groups excluding tert-OH is 1. The lowest BCUT2D eigenvalue weighted by molar-refractivity contribution is 0.0946. The Kier molecular flexibility index (Phi) is 6.37. The first-order valence-electron chi connectivity index (χ1n) is 11.7. The molecule has 1 saturated heterocycles. The second-order valence-electron chi connectivity index (χ2n) is 8.92. The highest BCUT2D eigenvalue weighted by molar-refractivity contribution is 5.93. The van der Waals surface area contributed by atoms with E-state index in [0.717, 1.165) is 17.8 Å². The number of fused-ring (bicyclic) bond motifs is 1. The quantitative estimate of drug-likeness (QED) is 0.415. The molecule has 4 heterocycles. The molecule has 1 amide bonds. The molecule has 1 aliphatic rings. The van der Waals surface area contributed by atoms with E-state index >= 15 is 0 Å². The van der Waals surface area contributed by atoms with Crippen molar-refractivity contribution in [2.24, 2.45) is 7.05 Å². The summed E-state index contributed by atoms with van der Waals surface area (Å²) in [5.74, 6) is 0.380. The maximum atomic E-state index is 13.2. The van der Waals surface area contributed by atoms with Crippen molar-refractivity contribution in [1.82, 2.24) is 34.6 Å². The second kappa shape index (κ2) is 9.77. The predicted octanol–water partition coefficient (Wildman–Crippen LogP) is 1.04. The number of aliphatic hydroxyl groups is 1. The Morgan fingerprint density at radius 3 is 2.69 bits per heavy atom. The second-order valence-corrected chi connectivity index (χ2v) is 8.92. The van der Waals surface area contributed by atoms with Crippen molar-refractivity contribution in [2.45, 2.75) is 12.6 Å². The van der Waals surface area contributed by atoms with E-state index in [4.69, 9.17) is 10.4 Å². The maximum Gasteiger partial charge on any atom is 0.270 e. The van der Waals surface area contributed by atoms with Crippen molar-refractivity contribution in [1.29, 1.82) is 5.26 Å². The molecule has 11 nitrogen and oxygen atoms in total. The zero-order valence-corrected chi connectivity index (χ0v) is 20.2. The Labute approximate surface area is 208 Å². The summed E-state index contributed by atoms with van der Waals surface area (Å²) in [7, 11) is 3.87. The van der Waals surface area contributed by atoms with Crippen molar-refractivity contribution in [2.75, 3.05) is 38.2 Å². The number of nitriles is 1. The third-order valence-electron chi connectivity index (χ3n) is 6.45. The molecule has 36 heavy (non-hydrogen) atoms. The molecular formula is C25H27N9O2.